The molecule has 9 aromatic carbocycles. The minimum absolute atomic E-state index is 0. The molecule has 0 fully saturated rings. The molecule has 0 amide bonds. The molecular weight excluding hydrogens is 1130 g/mol. The molecule has 7 heteroatoms. The van der Waals surface area contributed by atoms with E-state index in [-0.39, 0.29) is 55.5 Å². The van der Waals surface area contributed by atoms with Gasteiger partial charge in [-0.3, -0.25) is 4.57 Å². The van der Waals surface area contributed by atoms with Gasteiger partial charge in [0.1, 0.15) is 5.82 Å². The van der Waals surface area contributed by atoms with Crippen LogP contribution < -0.4 is 9.30 Å². The number of nitrogens with zero attached hydrogens (tertiary/aromatic N) is 5. The van der Waals surface area contributed by atoms with Crippen molar-refractivity contribution in [3.63, 3.8) is 0 Å². The van der Waals surface area contributed by atoms with Gasteiger partial charge in [0.25, 0.3) is 6.33 Å². The summed E-state index contributed by atoms with van der Waals surface area (Å²) in [5.74, 6) is 2.02. The van der Waals surface area contributed by atoms with E-state index in [1.54, 1.807) is 0 Å². The van der Waals surface area contributed by atoms with E-state index < -0.39 is 18.1 Å². The number of imidazole rings is 1. The molecule has 386 valence electrons. The summed E-state index contributed by atoms with van der Waals surface area (Å²) >= 11 is 0. The van der Waals surface area contributed by atoms with Crippen molar-refractivity contribution in [1.82, 2.24) is 18.7 Å². The van der Waals surface area contributed by atoms with Gasteiger partial charge < -0.3 is 18.4 Å². The maximum absolute atomic E-state index is 9.27. The van der Waals surface area contributed by atoms with Gasteiger partial charge in [0.2, 0.25) is 0 Å². The van der Waals surface area contributed by atoms with E-state index in [4.69, 9.17) is 13.8 Å². The van der Waals surface area contributed by atoms with Crippen LogP contribution in [0.4, 0.5) is 0 Å². The Morgan fingerprint density at radius 3 is 1.87 bits per heavy atom. The molecule has 4 heterocycles. The number of pyridine rings is 1. The Kier molecular flexibility index (Phi) is 11.3. The molecule has 0 aliphatic carbocycles. The normalized spacial score (nSPS) is 13.0. The third-order valence-electron chi connectivity index (χ3n) is 14.9. The number of aromatic nitrogens is 5. The second-order valence-electron chi connectivity index (χ2n) is 22.4. The van der Waals surface area contributed by atoms with Crippen molar-refractivity contribution in [3.8, 4) is 56.6 Å². The van der Waals surface area contributed by atoms with Gasteiger partial charge in [-0.15, -0.1) is 29.7 Å². The summed E-state index contributed by atoms with van der Waals surface area (Å²) < 4.78 is 59.8. The molecule has 0 radical (unpaired) electrons. The summed E-state index contributed by atoms with van der Waals surface area (Å²) in [7, 11) is 0. The predicted molar refractivity (Wildman–Crippen MR) is 317 cm³/mol. The number of para-hydroxylation sites is 5. The Balaban J connectivity index is 0.00000680. The first kappa shape index (κ1) is 44.8. The zero-order valence-corrected chi connectivity index (χ0v) is 47.1. The first-order valence-electron chi connectivity index (χ1n) is 28.8. The minimum atomic E-state index is -0.448. The van der Waals surface area contributed by atoms with E-state index in [1.807, 2.05) is 82.1 Å². The van der Waals surface area contributed by atoms with Crippen LogP contribution in [-0.4, -0.2) is 18.7 Å². The van der Waals surface area contributed by atoms with Gasteiger partial charge in [0.15, 0.2) is 0 Å². The van der Waals surface area contributed by atoms with Crippen molar-refractivity contribution in [1.29, 1.82) is 0 Å². The van der Waals surface area contributed by atoms with Crippen molar-refractivity contribution >= 4 is 54.6 Å². The smallest absolute Gasteiger partial charge is 0.268 e. The van der Waals surface area contributed by atoms with Crippen LogP contribution in [0.2, 0.25) is 0 Å². The van der Waals surface area contributed by atoms with E-state index in [0.29, 0.717) is 28.4 Å². The fourth-order valence-corrected chi connectivity index (χ4v) is 10.9. The van der Waals surface area contributed by atoms with Crippen molar-refractivity contribution in [2.24, 2.45) is 0 Å². The minimum Gasteiger partial charge on any atom is -0.510 e. The Morgan fingerprint density at radius 2 is 1.18 bits per heavy atom. The largest absolute Gasteiger partial charge is 0.510 e. The van der Waals surface area contributed by atoms with Crippen molar-refractivity contribution in [3.05, 3.63) is 241 Å². The fourth-order valence-electron chi connectivity index (χ4n) is 10.9. The predicted octanol–water partition coefficient (Wildman–Crippen LogP) is 17.7. The average Bonchev–Trinajstić information content (AvgIpc) is 2.29. The summed E-state index contributed by atoms with van der Waals surface area (Å²) in [6.07, 6.45) is 5.57. The maximum Gasteiger partial charge on any atom is 0.268 e. The van der Waals surface area contributed by atoms with E-state index >= 15 is 0 Å². The maximum atomic E-state index is 9.27. The first-order chi connectivity index (χ1) is 39.3. The molecule has 78 heavy (non-hydrogen) atoms. The van der Waals surface area contributed by atoms with Gasteiger partial charge in [0.05, 0.1) is 34.6 Å². The zero-order valence-electron chi connectivity index (χ0n) is 49.8. The molecule has 0 N–H and O–H groups in total. The summed E-state index contributed by atoms with van der Waals surface area (Å²) in [5.41, 5.74) is 13.3. The molecule has 4 aromatic heterocycles. The molecule has 0 atom stereocenters. The van der Waals surface area contributed by atoms with Gasteiger partial charge in [0, 0.05) is 60.7 Å². The van der Waals surface area contributed by atoms with Crippen LogP contribution in [0.15, 0.2) is 206 Å². The third-order valence-corrected chi connectivity index (χ3v) is 14.9. The molecule has 0 unspecified atom stereocenters. The standard InChI is InChI=1S/C71H59N5O.Pt/c1-46(2)48-36-37-72-68(40-48)76-64-35-32-53(75-62-28-14-12-24-58(62)59-25-13-15-29-63(59)75)43-61(64)60-34-33-55(44-67(60)76)77-54-23-18-22-52(42-54)73-45-74(66-31-17-16-30-65(66)73)69-56(47-20-10-9-11-21-47)26-19-27-57(69)49-38-50(70(3,4)5)41-51(39-49)71(6,7)8;/h9-41,43,46H,1-8H3;/q-2;/i9D,10D,11D,20D,21D;. The van der Waals surface area contributed by atoms with E-state index in [1.165, 1.54) is 16.3 Å². The molecule has 13 aromatic rings. The number of fused-ring (bicyclic) bond motifs is 7. The van der Waals surface area contributed by atoms with Crippen molar-refractivity contribution in [2.45, 2.75) is 72.1 Å². The molecule has 0 bridgehead atoms. The summed E-state index contributed by atoms with van der Waals surface area (Å²) in [6.45, 7) is 17.6. The Morgan fingerprint density at radius 1 is 0.551 bits per heavy atom. The average molecular weight is 1200 g/mol. The second-order valence-corrected chi connectivity index (χ2v) is 22.4. The van der Waals surface area contributed by atoms with Crippen molar-refractivity contribution in [2.75, 3.05) is 0 Å². The molecule has 0 spiro atoms. The third kappa shape index (κ3) is 8.83. The van der Waals surface area contributed by atoms with Crippen LogP contribution in [0, 0.1) is 18.5 Å². The van der Waals surface area contributed by atoms with Crippen LogP contribution in [0.1, 0.15) is 84.9 Å². The van der Waals surface area contributed by atoms with E-state index in [0.717, 1.165) is 77.6 Å². The quantitative estimate of drug-likeness (QED) is 0.107. The number of hydrogen-bond acceptors (Lipinski definition) is 2. The van der Waals surface area contributed by atoms with Crippen LogP contribution in [0.5, 0.6) is 11.5 Å². The Labute approximate surface area is 478 Å². The summed E-state index contributed by atoms with van der Waals surface area (Å²) in [5, 5.41) is 4.46. The number of ether oxygens (including phenoxy) is 1. The monoisotopic (exact) mass is 1200 g/mol. The van der Waals surface area contributed by atoms with Gasteiger partial charge >= 0.3 is 0 Å². The molecule has 0 aliphatic heterocycles. The van der Waals surface area contributed by atoms with Crippen LogP contribution >= 0.6 is 0 Å². The summed E-state index contributed by atoms with van der Waals surface area (Å²) in [6, 6.07) is 63.7. The van der Waals surface area contributed by atoms with Crippen LogP contribution in [0.25, 0.3) is 99.8 Å². The topological polar surface area (TPSA) is 40.8 Å². The number of benzene rings is 9. The molecular formula is C71H59N5OPt-2. The molecule has 13 rings (SSSR count). The number of rotatable bonds is 9. The van der Waals surface area contributed by atoms with Crippen LogP contribution in [0.3, 0.4) is 0 Å². The molecule has 0 saturated heterocycles. The molecule has 0 saturated carbocycles. The zero-order chi connectivity index (χ0) is 57.1. The van der Waals surface area contributed by atoms with Gasteiger partial charge in [-0.05, 0) is 109 Å². The van der Waals surface area contributed by atoms with Gasteiger partial charge in [-0.25, -0.2) is 4.98 Å². The molecule has 0 aliphatic rings. The van der Waals surface area contributed by atoms with E-state index in [2.05, 4.69) is 186 Å². The molecule has 6 nitrogen and oxygen atoms in total. The fraction of sp³-hybridized carbons (Fsp3) is 0.155. The van der Waals surface area contributed by atoms with Crippen molar-refractivity contribution < 1.29 is 37.2 Å². The summed E-state index contributed by atoms with van der Waals surface area (Å²) in [4.78, 5) is 4.96. The second kappa shape index (κ2) is 19.6. The van der Waals surface area contributed by atoms with Crippen LogP contribution in [-0.2, 0) is 31.9 Å². The van der Waals surface area contributed by atoms with Gasteiger partial charge in [-0.2, -0.15) is 18.2 Å². The van der Waals surface area contributed by atoms with Gasteiger partial charge in [-0.1, -0.05) is 188 Å². The SMILES string of the molecule is [2H]c1c([2H])c([2H])c(-c2cccc(-c3cc(C(C)(C)C)cc(C(C)(C)C)c3)c2-[n+]2[c-]n(-c3[c-]c(Oc4[c-]c5c(cc4)c4cc(-n6c7ccccc7c7ccccc76)ccc4n5-c4cc(C(C)C)ccn4)ccc3)c3ccccc32)c([2H])c1[2H].[Pt]. The Hall–Kier alpha value is -8.31. The first-order valence-corrected chi connectivity index (χ1v) is 26.3. The van der Waals surface area contributed by atoms with E-state index in [9.17, 15) is 2.74 Å². The Bertz CT molecular complexity index is 4640. The number of hydrogen-bond donors (Lipinski definition) is 0.